The van der Waals surface area contributed by atoms with E-state index >= 15 is 0 Å². The minimum Gasteiger partial charge on any atom is -0.388 e. The average molecular weight is 431 g/mol. The van der Waals surface area contributed by atoms with Crippen LogP contribution in [0.25, 0.3) is 0 Å². The molecular weight excluding hydrogens is 388 g/mol. The van der Waals surface area contributed by atoms with E-state index in [2.05, 4.69) is 13.8 Å². The number of aliphatic hydroxyl groups excluding tert-OH is 2. The SMILES string of the molecule is CCCC(=O)N1CCCCOC[C@@H](O)[C@@H](O)[C@H](OCCC(C)C)CN(C(C)=O)CC1. The summed E-state index contributed by atoms with van der Waals surface area (Å²) in [5, 5.41) is 21.0. The Morgan fingerprint density at radius 3 is 2.47 bits per heavy atom. The summed E-state index contributed by atoms with van der Waals surface area (Å²) in [6.45, 7) is 10.1. The van der Waals surface area contributed by atoms with Crippen LogP contribution >= 0.6 is 0 Å². The van der Waals surface area contributed by atoms with Crippen LogP contribution < -0.4 is 0 Å². The van der Waals surface area contributed by atoms with Gasteiger partial charge in [-0.15, -0.1) is 0 Å². The molecule has 0 spiro atoms. The van der Waals surface area contributed by atoms with Crippen molar-refractivity contribution >= 4 is 11.8 Å². The first-order valence-electron chi connectivity index (χ1n) is 11.3. The fourth-order valence-corrected chi connectivity index (χ4v) is 3.34. The number of amides is 2. The molecule has 0 radical (unpaired) electrons. The van der Waals surface area contributed by atoms with Gasteiger partial charge in [-0.25, -0.2) is 0 Å². The molecule has 1 aliphatic heterocycles. The monoisotopic (exact) mass is 430 g/mol. The molecular formula is C22H42N2O6. The van der Waals surface area contributed by atoms with E-state index in [4.69, 9.17) is 9.47 Å². The first-order valence-corrected chi connectivity index (χ1v) is 11.3. The van der Waals surface area contributed by atoms with Crippen molar-refractivity contribution in [2.24, 2.45) is 5.92 Å². The van der Waals surface area contributed by atoms with Gasteiger partial charge in [-0.1, -0.05) is 20.8 Å². The second kappa shape index (κ2) is 14.7. The van der Waals surface area contributed by atoms with E-state index < -0.39 is 18.3 Å². The van der Waals surface area contributed by atoms with Crippen LogP contribution in [0.4, 0.5) is 0 Å². The molecule has 1 heterocycles. The summed E-state index contributed by atoms with van der Waals surface area (Å²) in [5.74, 6) is 0.380. The second-order valence-corrected chi connectivity index (χ2v) is 8.53. The zero-order chi connectivity index (χ0) is 22.5. The highest BCUT2D eigenvalue weighted by Gasteiger charge is 2.30. The molecule has 0 saturated carbocycles. The predicted molar refractivity (Wildman–Crippen MR) is 115 cm³/mol. The molecule has 1 rings (SSSR count). The van der Waals surface area contributed by atoms with Crippen molar-refractivity contribution in [3.8, 4) is 0 Å². The van der Waals surface area contributed by atoms with E-state index in [0.717, 1.165) is 25.7 Å². The highest BCUT2D eigenvalue weighted by atomic mass is 16.5. The van der Waals surface area contributed by atoms with Crippen molar-refractivity contribution in [2.45, 2.75) is 78.1 Å². The lowest BCUT2D eigenvalue weighted by molar-refractivity contribution is -0.142. The van der Waals surface area contributed by atoms with Crippen molar-refractivity contribution < 1.29 is 29.3 Å². The first-order chi connectivity index (χ1) is 14.3. The topological polar surface area (TPSA) is 99.5 Å². The molecule has 8 nitrogen and oxygen atoms in total. The lowest BCUT2D eigenvalue weighted by atomic mass is 10.1. The fourth-order valence-electron chi connectivity index (χ4n) is 3.34. The molecule has 8 heteroatoms. The number of nitrogens with zero attached hydrogens (tertiary/aromatic N) is 2. The van der Waals surface area contributed by atoms with Gasteiger partial charge in [-0.05, 0) is 31.6 Å². The summed E-state index contributed by atoms with van der Waals surface area (Å²) in [6, 6.07) is 0. The quantitative estimate of drug-likeness (QED) is 0.661. The second-order valence-electron chi connectivity index (χ2n) is 8.53. The van der Waals surface area contributed by atoms with Crippen LogP contribution in [0, 0.1) is 5.92 Å². The maximum Gasteiger partial charge on any atom is 0.222 e. The Balaban J connectivity index is 2.93. The third-order valence-electron chi connectivity index (χ3n) is 5.36. The molecule has 1 saturated heterocycles. The van der Waals surface area contributed by atoms with E-state index in [1.54, 1.807) is 4.90 Å². The van der Waals surface area contributed by atoms with Gasteiger partial charge < -0.3 is 29.5 Å². The van der Waals surface area contributed by atoms with Crippen molar-refractivity contribution in [1.82, 2.24) is 9.80 Å². The molecule has 2 N–H and O–H groups in total. The Bertz CT molecular complexity index is 502. The molecule has 0 unspecified atom stereocenters. The minimum absolute atomic E-state index is 0.00373. The van der Waals surface area contributed by atoms with Crippen molar-refractivity contribution in [3.63, 3.8) is 0 Å². The van der Waals surface area contributed by atoms with Gasteiger partial charge >= 0.3 is 0 Å². The van der Waals surface area contributed by atoms with Gasteiger partial charge in [0.05, 0.1) is 6.61 Å². The third kappa shape index (κ3) is 10.2. The molecule has 3 atom stereocenters. The molecule has 2 amide bonds. The van der Waals surface area contributed by atoms with Gasteiger partial charge in [0, 0.05) is 52.7 Å². The molecule has 176 valence electrons. The average Bonchev–Trinajstić information content (AvgIpc) is 2.68. The number of rotatable bonds is 6. The highest BCUT2D eigenvalue weighted by Crippen LogP contribution is 2.12. The van der Waals surface area contributed by atoms with Crippen LogP contribution in [0.1, 0.15) is 59.8 Å². The van der Waals surface area contributed by atoms with Crippen LogP contribution in [0.3, 0.4) is 0 Å². The third-order valence-corrected chi connectivity index (χ3v) is 5.36. The highest BCUT2D eigenvalue weighted by molar-refractivity contribution is 5.76. The summed E-state index contributed by atoms with van der Waals surface area (Å²) < 4.78 is 11.4. The predicted octanol–water partition coefficient (Wildman–Crippen LogP) is 1.43. The number of aliphatic hydroxyl groups is 2. The normalized spacial score (nSPS) is 25.2. The molecule has 0 aliphatic carbocycles. The number of hydrogen-bond acceptors (Lipinski definition) is 6. The largest absolute Gasteiger partial charge is 0.388 e. The van der Waals surface area contributed by atoms with Gasteiger partial charge in [-0.3, -0.25) is 9.59 Å². The van der Waals surface area contributed by atoms with Crippen molar-refractivity contribution in [1.29, 1.82) is 0 Å². The van der Waals surface area contributed by atoms with Crippen LogP contribution in [-0.4, -0.2) is 96.1 Å². The van der Waals surface area contributed by atoms with E-state index in [-0.39, 0.29) is 25.0 Å². The molecule has 1 aliphatic rings. The summed E-state index contributed by atoms with van der Waals surface area (Å²) in [7, 11) is 0. The number of hydrogen-bond donors (Lipinski definition) is 2. The molecule has 1 fully saturated rings. The van der Waals surface area contributed by atoms with E-state index in [9.17, 15) is 19.8 Å². The van der Waals surface area contributed by atoms with Gasteiger partial charge in [0.15, 0.2) is 0 Å². The lowest BCUT2D eigenvalue weighted by Gasteiger charge is -2.33. The lowest BCUT2D eigenvalue weighted by Crippen LogP contribution is -2.50. The Labute approximate surface area is 181 Å². The molecule has 0 bridgehead atoms. The molecule has 0 aromatic heterocycles. The Kier molecular flexibility index (Phi) is 13.2. The first kappa shape index (κ1) is 26.8. The van der Waals surface area contributed by atoms with Gasteiger partial charge in [0.25, 0.3) is 0 Å². The maximum absolute atomic E-state index is 12.5. The van der Waals surface area contributed by atoms with Gasteiger partial charge in [-0.2, -0.15) is 0 Å². The van der Waals surface area contributed by atoms with Crippen molar-refractivity contribution in [2.75, 3.05) is 46.0 Å². The molecule has 30 heavy (non-hydrogen) atoms. The minimum atomic E-state index is -1.17. The van der Waals surface area contributed by atoms with E-state index in [0.29, 0.717) is 45.2 Å². The summed E-state index contributed by atoms with van der Waals surface area (Å²) in [5.41, 5.74) is 0. The number of carbonyl (C=O) groups is 2. The summed E-state index contributed by atoms with van der Waals surface area (Å²) >= 11 is 0. The van der Waals surface area contributed by atoms with Gasteiger partial charge in [0.1, 0.15) is 18.3 Å². The Morgan fingerprint density at radius 1 is 1.13 bits per heavy atom. The smallest absolute Gasteiger partial charge is 0.222 e. The van der Waals surface area contributed by atoms with Crippen LogP contribution in [0.5, 0.6) is 0 Å². The van der Waals surface area contributed by atoms with E-state index in [1.165, 1.54) is 6.92 Å². The van der Waals surface area contributed by atoms with Crippen molar-refractivity contribution in [3.05, 3.63) is 0 Å². The van der Waals surface area contributed by atoms with E-state index in [1.807, 2.05) is 11.8 Å². The Hall–Kier alpha value is -1.22. The number of ether oxygens (including phenoxy) is 2. The number of carbonyl (C=O) groups excluding carboxylic acids is 2. The zero-order valence-electron chi connectivity index (χ0n) is 19.2. The standard InChI is InChI=1S/C22H42N2O6/c1-5-8-21(27)23-10-6-7-13-29-16-19(26)22(28)20(30-14-9-17(2)3)15-24(12-11-23)18(4)25/h17,19-20,22,26,28H,5-16H2,1-4H3/t19-,20-,22-/m1/s1. The van der Waals surface area contributed by atoms with Crippen LogP contribution in [-0.2, 0) is 19.1 Å². The van der Waals surface area contributed by atoms with Crippen LogP contribution in [0.15, 0.2) is 0 Å². The van der Waals surface area contributed by atoms with Crippen LogP contribution in [0.2, 0.25) is 0 Å². The maximum atomic E-state index is 12.5. The fraction of sp³-hybridized carbons (Fsp3) is 0.909. The summed E-state index contributed by atoms with van der Waals surface area (Å²) in [4.78, 5) is 28.1. The molecule has 0 aromatic carbocycles. The summed E-state index contributed by atoms with van der Waals surface area (Å²) in [6.07, 6.45) is 0.642. The van der Waals surface area contributed by atoms with Gasteiger partial charge in [0.2, 0.25) is 11.8 Å². The molecule has 0 aromatic rings. The zero-order valence-corrected chi connectivity index (χ0v) is 19.2. The Morgan fingerprint density at radius 2 is 1.83 bits per heavy atom.